The molecule has 0 aliphatic heterocycles. The van der Waals surface area contributed by atoms with E-state index in [0.717, 1.165) is 25.4 Å². The maximum Gasteiger partial charge on any atom is 0.234 e. The summed E-state index contributed by atoms with van der Waals surface area (Å²) >= 11 is 0. The molecule has 1 aromatic rings. The van der Waals surface area contributed by atoms with Crippen molar-refractivity contribution in [1.82, 2.24) is 10.2 Å². The van der Waals surface area contributed by atoms with Crippen molar-refractivity contribution in [2.45, 2.75) is 45.7 Å². The highest BCUT2D eigenvalue weighted by molar-refractivity contribution is 5.78. The minimum Gasteiger partial charge on any atom is -0.355 e. The van der Waals surface area contributed by atoms with Gasteiger partial charge in [-0.25, -0.2) is 0 Å². The molecule has 20 heavy (non-hydrogen) atoms. The van der Waals surface area contributed by atoms with Gasteiger partial charge in [-0.1, -0.05) is 37.3 Å². The molecule has 1 fully saturated rings. The molecule has 1 amide bonds. The Morgan fingerprint density at radius 1 is 1.35 bits per heavy atom. The van der Waals surface area contributed by atoms with Crippen molar-refractivity contribution in [3.05, 3.63) is 35.9 Å². The number of rotatable bonds is 8. The van der Waals surface area contributed by atoms with Crippen molar-refractivity contribution in [2.24, 2.45) is 5.92 Å². The van der Waals surface area contributed by atoms with E-state index in [4.69, 9.17) is 0 Å². The van der Waals surface area contributed by atoms with Gasteiger partial charge in [0.05, 0.1) is 6.54 Å². The van der Waals surface area contributed by atoms with E-state index in [1.165, 1.54) is 18.4 Å². The number of hydrogen-bond acceptors (Lipinski definition) is 2. The van der Waals surface area contributed by atoms with Gasteiger partial charge in [0, 0.05) is 19.1 Å². The fourth-order valence-electron chi connectivity index (χ4n) is 2.54. The second-order valence-corrected chi connectivity index (χ2v) is 5.82. The monoisotopic (exact) mass is 274 g/mol. The lowest BCUT2D eigenvalue weighted by atomic mass is 10.1. The summed E-state index contributed by atoms with van der Waals surface area (Å²) < 4.78 is 0. The van der Waals surface area contributed by atoms with Crippen molar-refractivity contribution in [3.63, 3.8) is 0 Å². The summed E-state index contributed by atoms with van der Waals surface area (Å²) in [5, 5.41) is 2.98. The van der Waals surface area contributed by atoms with E-state index in [0.29, 0.717) is 12.6 Å². The van der Waals surface area contributed by atoms with Gasteiger partial charge in [0.2, 0.25) is 5.91 Å². The van der Waals surface area contributed by atoms with E-state index in [1.807, 2.05) is 6.07 Å². The summed E-state index contributed by atoms with van der Waals surface area (Å²) in [7, 11) is 0. The molecule has 2 rings (SSSR count). The molecule has 1 N–H and O–H groups in total. The average molecular weight is 274 g/mol. The van der Waals surface area contributed by atoms with E-state index in [1.54, 1.807) is 0 Å². The first-order valence-electron chi connectivity index (χ1n) is 7.75. The smallest absolute Gasteiger partial charge is 0.234 e. The highest BCUT2D eigenvalue weighted by atomic mass is 16.2. The lowest BCUT2D eigenvalue weighted by Gasteiger charge is -2.28. The van der Waals surface area contributed by atoms with Gasteiger partial charge in [0.1, 0.15) is 0 Å². The Morgan fingerprint density at radius 3 is 2.65 bits per heavy atom. The van der Waals surface area contributed by atoms with Gasteiger partial charge in [0.25, 0.3) is 0 Å². The first-order chi connectivity index (χ1) is 9.70. The van der Waals surface area contributed by atoms with Crippen LogP contribution in [0.1, 0.15) is 38.7 Å². The molecule has 1 atom stereocenters. The number of benzene rings is 1. The third kappa shape index (κ3) is 4.64. The van der Waals surface area contributed by atoms with E-state index >= 15 is 0 Å². The van der Waals surface area contributed by atoms with Crippen molar-refractivity contribution in [3.8, 4) is 0 Å². The van der Waals surface area contributed by atoms with E-state index < -0.39 is 0 Å². The summed E-state index contributed by atoms with van der Waals surface area (Å²) in [5.41, 5.74) is 1.28. The predicted molar refractivity (Wildman–Crippen MR) is 82.3 cm³/mol. The Kier molecular flexibility index (Phi) is 5.60. The van der Waals surface area contributed by atoms with Crippen LogP contribution in [0.25, 0.3) is 0 Å². The minimum atomic E-state index is 0.148. The number of carbonyl (C=O) groups excluding carboxylic acids is 1. The molecule has 3 heteroatoms. The fraction of sp³-hybridized carbons (Fsp3) is 0.588. The van der Waals surface area contributed by atoms with Crippen LogP contribution in [-0.2, 0) is 11.3 Å². The third-order valence-corrected chi connectivity index (χ3v) is 4.03. The van der Waals surface area contributed by atoms with Crippen LogP contribution in [0.15, 0.2) is 30.3 Å². The zero-order chi connectivity index (χ0) is 14.4. The molecule has 0 saturated heterocycles. The largest absolute Gasteiger partial charge is 0.355 e. The summed E-state index contributed by atoms with van der Waals surface area (Å²) in [5.74, 6) is 0.924. The lowest BCUT2D eigenvalue weighted by Crippen LogP contribution is -2.42. The quantitative estimate of drug-likeness (QED) is 0.790. The van der Waals surface area contributed by atoms with Crippen molar-refractivity contribution in [1.29, 1.82) is 0 Å². The Morgan fingerprint density at radius 2 is 2.05 bits per heavy atom. The standard InChI is InChI=1S/C17H26N2O/c1-3-11-18-17(20)13-19(14(2)16-9-10-16)12-15-7-5-4-6-8-15/h4-8,14,16H,3,9-13H2,1-2H3,(H,18,20). The number of nitrogens with zero attached hydrogens (tertiary/aromatic N) is 1. The summed E-state index contributed by atoms with van der Waals surface area (Å²) in [6.07, 6.45) is 3.61. The molecular weight excluding hydrogens is 248 g/mol. The highest BCUT2D eigenvalue weighted by Crippen LogP contribution is 2.35. The van der Waals surface area contributed by atoms with Crippen molar-refractivity contribution in [2.75, 3.05) is 13.1 Å². The van der Waals surface area contributed by atoms with Gasteiger partial charge in [0.15, 0.2) is 0 Å². The Hall–Kier alpha value is -1.35. The Balaban J connectivity index is 1.95. The van der Waals surface area contributed by atoms with Gasteiger partial charge in [-0.3, -0.25) is 9.69 Å². The molecule has 110 valence electrons. The number of nitrogens with one attached hydrogen (secondary N) is 1. The first-order valence-corrected chi connectivity index (χ1v) is 7.75. The maximum atomic E-state index is 12.0. The topological polar surface area (TPSA) is 32.3 Å². The number of amides is 1. The second-order valence-electron chi connectivity index (χ2n) is 5.82. The molecule has 3 nitrogen and oxygen atoms in total. The Bertz CT molecular complexity index is 414. The van der Waals surface area contributed by atoms with Crippen LogP contribution in [0.2, 0.25) is 0 Å². The van der Waals surface area contributed by atoms with Gasteiger partial charge in [-0.05, 0) is 37.7 Å². The maximum absolute atomic E-state index is 12.0. The zero-order valence-corrected chi connectivity index (χ0v) is 12.6. The number of hydrogen-bond donors (Lipinski definition) is 1. The first kappa shape index (κ1) is 15.0. The summed E-state index contributed by atoms with van der Waals surface area (Å²) in [6.45, 7) is 6.48. The lowest BCUT2D eigenvalue weighted by molar-refractivity contribution is -0.123. The highest BCUT2D eigenvalue weighted by Gasteiger charge is 2.32. The van der Waals surface area contributed by atoms with Crippen LogP contribution >= 0.6 is 0 Å². The molecule has 0 radical (unpaired) electrons. The van der Waals surface area contributed by atoms with Gasteiger partial charge in [-0.2, -0.15) is 0 Å². The number of carbonyl (C=O) groups is 1. The Labute approximate surface area is 122 Å². The van der Waals surface area contributed by atoms with Gasteiger partial charge < -0.3 is 5.32 Å². The van der Waals surface area contributed by atoms with E-state index in [2.05, 4.69) is 48.3 Å². The van der Waals surface area contributed by atoms with Crippen LogP contribution in [0.3, 0.4) is 0 Å². The van der Waals surface area contributed by atoms with E-state index in [-0.39, 0.29) is 5.91 Å². The fourth-order valence-corrected chi connectivity index (χ4v) is 2.54. The molecule has 0 aromatic heterocycles. The predicted octanol–water partition coefficient (Wildman–Crippen LogP) is 2.81. The summed E-state index contributed by atoms with van der Waals surface area (Å²) in [4.78, 5) is 14.3. The van der Waals surface area contributed by atoms with Crippen LogP contribution in [0.5, 0.6) is 0 Å². The molecule has 1 aliphatic carbocycles. The summed E-state index contributed by atoms with van der Waals surface area (Å²) in [6, 6.07) is 10.9. The molecule has 1 unspecified atom stereocenters. The third-order valence-electron chi connectivity index (χ3n) is 4.03. The molecule has 1 aromatic carbocycles. The molecule has 0 spiro atoms. The van der Waals surface area contributed by atoms with Crippen LogP contribution in [-0.4, -0.2) is 29.9 Å². The zero-order valence-electron chi connectivity index (χ0n) is 12.6. The second kappa shape index (κ2) is 7.44. The molecule has 0 bridgehead atoms. The molecule has 0 heterocycles. The molecular formula is C17H26N2O. The van der Waals surface area contributed by atoms with Crippen molar-refractivity contribution < 1.29 is 4.79 Å². The normalized spacial score (nSPS) is 16.1. The molecule has 1 saturated carbocycles. The minimum absolute atomic E-state index is 0.148. The molecule has 1 aliphatic rings. The van der Waals surface area contributed by atoms with Gasteiger partial charge in [-0.15, -0.1) is 0 Å². The van der Waals surface area contributed by atoms with Crippen LogP contribution in [0, 0.1) is 5.92 Å². The van der Waals surface area contributed by atoms with Crippen molar-refractivity contribution >= 4 is 5.91 Å². The van der Waals surface area contributed by atoms with E-state index in [9.17, 15) is 4.79 Å². The SMILES string of the molecule is CCCNC(=O)CN(Cc1ccccc1)C(C)C1CC1. The van der Waals surface area contributed by atoms with Crippen LogP contribution < -0.4 is 5.32 Å². The van der Waals surface area contributed by atoms with Crippen LogP contribution in [0.4, 0.5) is 0 Å². The average Bonchev–Trinajstić information content (AvgIpc) is 3.29. The van der Waals surface area contributed by atoms with Gasteiger partial charge >= 0.3 is 0 Å².